The largest absolute Gasteiger partial charge is 0.481 e. The zero-order chi connectivity index (χ0) is 14.7. The van der Waals surface area contributed by atoms with E-state index < -0.39 is 6.10 Å². The molecule has 1 amide bonds. The Morgan fingerprint density at radius 3 is 2.95 bits per heavy atom. The molecule has 4 heteroatoms. The summed E-state index contributed by atoms with van der Waals surface area (Å²) >= 11 is 0. The first kappa shape index (κ1) is 14.2. The number of hydrogen-bond donors (Lipinski definition) is 2. The van der Waals surface area contributed by atoms with Gasteiger partial charge in [0.15, 0.2) is 6.10 Å². The van der Waals surface area contributed by atoms with E-state index in [2.05, 4.69) is 16.7 Å². The number of nitrogens with one attached hydrogen (secondary N) is 2. The number of rotatable bonds is 4. The lowest BCUT2D eigenvalue weighted by atomic mass is 10.0. The highest BCUT2D eigenvalue weighted by atomic mass is 16.5. The second kappa shape index (κ2) is 6.37. The summed E-state index contributed by atoms with van der Waals surface area (Å²) in [4.78, 5) is 12.2. The molecule has 1 aliphatic heterocycles. The lowest BCUT2D eigenvalue weighted by molar-refractivity contribution is -0.127. The molecule has 2 N–H and O–H groups in total. The zero-order valence-corrected chi connectivity index (χ0v) is 12.7. The first-order chi connectivity index (χ1) is 10.2. The fourth-order valence-corrected chi connectivity index (χ4v) is 3.22. The quantitative estimate of drug-likeness (QED) is 0.895. The van der Waals surface area contributed by atoms with Crippen LogP contribution in [0.3, 0.4) is 0 Å². The molecule has 1 saturated carbocycles. The number of anilines is 1. The Morgan fingerprint density at radius 2 is 2.14 bits per heavy atom. The van der Waals surface area contributed by atoms with Crippen molar-refractivity contribution in [2.24, 2.45) is 0 Å². The van der Waals surface area contributed by atoms with Crippen LogP contribution in [0.25, 0.3) is 0 Å². The number of hydrogen-bond acceptors (Lipinski definition) is 3. The first-order valence-electron chi connectivity index (χ1n) is 8.07. The average Bonchev–Trinajstić information content (AvgIpc) is 3.00. The topological polar surface area (TPSA) is 50.4 Å². The molecule has 0 aromatic heterocycles. The fourth-order valence-electron chi connectivity index (χ4n) is 3.22. The molecule has 1 unspecified atom stereocenters. The lowest BCUT2D eigenvalue weighted by Crippen LogP contribution is -2.41. The molecule has 1 aliphatic carbocycles. The molecule has 1 aromatic carbocycles. The van der Waals surface area contributed by atoms with Crippen molar-refractivity contribution in [2.75, 3.05) is 11.9 Å². The third kappa shape index (κ3) is 3.31. The third-order valence-electron chi connectivity index (χ3n) is 4.43. The Balaban J connectivity index is 1.64. The van der Waals surface area contributed by atoms with Crippen molar-refractivity contribution in [1.29, 1.82) is 0 Å². The van der Waals surface area contributed by atoms with E-state index >= 15 is 0 Å². The van der Waals surface area contributed by atoms with Crippen LogP contribution < -0.4 is 15.4 Å². The molecule has 21 heavy (non-hydrogen) atoms. The predicted molar refractivity (Wildman–Crippen MR) is 83.7 cm³/mol. The van der Waals surface area contributed by atoms with E-state index in [0.717, 1.165) is 43.7 Å². The summed E-state index contributed by atoms with van der Waals surface area (Å²) in [6.07, 6.45) is 6.31. The Hall–Kier alpha value is -1.71. The van der Waals surface area contributed by atoms with Crippen LogP contribution in [0.5, 0.6) is 5.75 Å². The molecule has 0 spiro atoms. The van der Waals surface area contributed by atoms with Crippen molar-refractivity contribution in [3.8, 4) is 5.75 Å². The van der Waals surface area contributed by atoms with Gasteiger partial charge in [-0.25, -0.2) is 0 Å². The van der Waals surface area contributed by atoms with Gasteiger partial charge in [0.05, 0.1) is 0 Å². The predicted octanol–water partition coefficient (Wildman–Crippen LogP) is 2.87. The molecule has 1 heterocycles. The molecular formula is C17H24N2O2. The number of fused-ring (bicyclic) bond motifs is 1. The molecule has 0 radical (unpaired) electrons. The normalized spacial score (nSPS) is 19.5. The monoisotopic (exact) mass is 288 g/mol. The summed E-state index contributed by atoms with van der Waals surface area (Å²) in [6, 6.07) is 6.36. The number of benzene rings is 1. The minimum atomic E-state index is -0.445. The lowest BCUT2D eigenvalue weighted by Gasteiger charge is -2.23. The van der Waals surface area contributed by atoms with Gasteiger partial charge in [-0.1, -0.05) is 18.9 Å². The van der Waals surface area contributed by atoms with E-state index in [-0.39, 0.29) is 5.91 Å². The molecule has 0 saturated heterocycles. The van der Waals surface area contributed by atoms with Crippen LogP contribution in [0.2, 0.25) is 0 Å². The molecule has 1 aromatic rings. The zero-order valence-electron chi connectivity index (χ0n) is 12.7. The highest BCUT2D eigenvalue weighted by Crippen LogP contribution is 2.31. The summed E-state index contributed by atoms with van der Waals surface area (Å²) in [6.45, 7) is 2.84. The van der Waals surface area contributed by atoms with Crippen molar-refractivity contribution in [2.45, 2.75) is 57.6 Å². The molecule has 1 fully saturated rings. The van der Waals surface area contributed by atoms with E-state index in [9.17, 15) is 4.79 Å². The Bertz CT molecular complexity index is 510. The molecule has 0 bridgehead atoms. The first-order valence-corrected chi connectivity index (χ1v) is 8.07. The third-order valence-corrected chi connectivity index (χ3v) is 4.43. The fraction of sp³-hybridized carbons (Fsp3) is 0.588. The van der Waals surface area contributed by atoms with Gasteiger partial charge in [-0.15, -0.1) is 0 Å². The molecule has 1 atom stereocenters. The average molecular weight is 288 g/mol. The maximum absolute atomic E-state index is 12.2. The van der Waals surface area contributed by atoms with Crippen LogP contribution in [-0.4, -0.2) is 24.6 Å². The van der Waals surface area contributed by atoms with Crippen molar-refractivity contribution in [3.63, 3.8) is 0 Å². The van der Waals surface area contributed by atoms with Crippen LogP contribution in [0, 0.1) is 0 Å². The number of ether oxygens (including phenoxy) is 1. The standard InChI is InChI=1S/C17H24N2O2/c1-12(17(20)19-13-6-2-3-7-13)21-16-10-4-9-15-14(16)8-5-11-18-15/h4,9-10,12-13,18H,2-3,5-8,11H2,1H3,(H,19,20). The maximum Gasteiger partial charge on any atom is 0.260 e. The van der Waals surface area contributed by atoms with Gasteiger partial charge >= 0.3 is 0 Å². The minimum absolute atomic E-state index is 0.00303. The van der Waals surface area contributed by atoms with Gasteiger partial charge in [0.1, 0.15) is 5.75 Å². The van der Waals surface area contributed by atoms with Gasteiger partial charge in [-0.3, -0.25) is 4.79 Å². The Kier molecular flexibility index (Phi) is 4.32. The highest BCUT2D eigenvalue weighted by Gasteiger charge is 2.23. The molecular weight excluding hydrogens is 264 g/mol. The van der Waals surface area contributed by atoms with Crippen molar-refractivity contribution >= 4 is 11.6 Å². The molecule has 114 valence electrons. The SMILES string of the molecule is CC(Oc1cccc2c1CCCN2)C(=O)NC1CCCC1. The van der Waals surface area contributed by atoms with Crippen LogP contribution in [0.1, 0.15) is 44.6 Å². The van der Waals surface area contributed by atoms with Crippen molar-refractivity contribution in [3.05, 3.63) is 23.8 Å². The van der Waals surface area contributed by atoms with E-state index in [1.54, 1.807) is 0 Å². The summed E-state index contributed by atoms with van der Waals surface area (Å²) in [5.74, 6) is 0.844. The summed E-state index contributed by atoms with van der Waals surface area (Å²) < 4.78 is 5.93. The van der Waals surface area contributed by atoms with Crippen LogP contribution in [-0.2, 0) is 11.2 Å². The van der Waals surface area contributed by atoms with Gasteiger partial charge in [-0.05, 0) is 44.7 Å². The van der Waals surface area contributed by atoms with Gasteiger partial charge in [0.2, 0.25) is 0 Å². The van der Waals surface area contributed by atoms with E-state index in [1.165, 1.54) is 18.4 Å². The molecule has 4 nitrogen and oxygen atoms in total. The minimum Gasteiger partial charge on any atom is -0.481 e. The van der Waals surface area contributed by atoms with E-state index in [1.807, 2.05) is 19.1 Å². The van der Waals surface area contributed by atoms with E-state index in [4.69, 9.17) is 4.74 Å². The van der Waals surface area contributed by atoms with Crippen LogP contribution in [0.4, 0.5) is 5.69 Å². The molecule has 3 rings (SSSR count). The van der Waals surface area contributed by atoms with Gasteiger partial charge < -0.3 is 15.4 Å². The summed E-state index contributed by atoms with van der Waals surface area (Å²) in [7, 11) is 0. The van der Waals surface area contributed by atoms with Gasteiger partial charge in [0, 0.05) is 23.8 Å². The highest BCUT2D eigenvalue weighted by molar-refractivity contribution is 5.81. The second-order valence-electron chi connectivity index (χ2n) is 6.06. The number of amides is 1. The maximum atomic E-state index is 12.2. The van der Waals surface area contributed by atoms with Crippen molar-refractivity contribution < 1.29 is 9.53 Å². The number of carbonyl (C=O) groups is 1. The van der Waals surface area contributed by atoms with Gasteiger partial charge in [-0.2, -0.15) is 0 Å². The Labute approximate surface area is 126 Å². The van der Waals surface area contributed by atoms with Crippen LogP contribution in [0.15, 0.2) is 18.2 Å². The smallest absolute Gasteiger partial charge is 0.260 e. The summed E-state index contributed by atoms with van der Waals surface area (Å²) in [5, 5.41) is 6.48. The Morgan fingerprint density at radius 1 is 1.33 bits per heavy atom. The second-order valence-corrected chi connectivity index (χ2v) is 6.06. The van der Waals surface area contributed by atoms with Crippen LogP contribution >= 0.6 is 0 Å². The van der Waals surface area contributed by atoms with Gasteiger partial charge in [0.25, 0.3) is 5.91 Å². The molecule has 2 aliphatic rings. The van der Waals surface area contributed by atoms with Crippen molar-refractivity contribution in [1.82, 2.24) is 5.32 Å². The van der Waals surface area contributed by atoms with E-state index in [0.29, 0.717) is 6.04 Å². The summed E-state index contributed by atoms with van der Waals surface area (Å²) in [5.41, 5.74) is 2.34. The number of carbonyl (C=O) groups excluding carboxylic acids is 1.